The van der Waals surface area contributed by atoms with Gasteiger partial charge in [0.25, 0.3) is 5.91 Å². The molecule has 7 heteroatoms. The second kappa shape index (κ2) is 3.82. The predicted octanol–water partition coefficient (Wildman–Crippen LogP) is 0.125. The van der Waals surface area contributed by atoms with Gasteiger partial charge in [-0.1, -0.05) is 5.10 Å². The van der Waals surface area contributed by atoms with E-state index in [9.17, 15) is 4.79 Å². The SMILES string of the molecule is O=C(Nc1nnnn1C1CC1)[C@H]1CCCO1. The molecule has 2 heterocycles. The largest absolute Gasteiger partial charge is 0.368 e. The van der Waals surface area contributed by atoms with Gasteiger partial charge in [0.1, 0.15) is 6.10 Å². The number of tetrazole rings is 1. The molecule has 1 atom stereocenters. The number of anilines is 1. The van der Waals surface area contributed by atoms with Crippen molar-refractivity contribution in [3.63, 3.8) is 0 Å². The van der Waals surface area contributed by atoms with Crippen LogP contribution in [0.1, 0.15) is 31.7 Å². The fourth-order valence-electron chi connectivity index (χ4n) is 1.82. The topological polar surface area (TPSA) is 81.9 Å². The highest BCUT2D eigenvalue weighted by Gasteiger charge is 2.30. The zero-order chi connectivity index (χ0) is 11.0. The van der Waals surface area contributed by atoms with E-state index in [0.29, 0.717) is 18.6 Å². The molecule has 1 N–H and O–H groups in total. The van der Waals surface area contributed by atoms with Crippen molar-refractivity contribution in [1.82, 2.24) is 20.2 Å². The zero-order valence-electron chi connectivity index (χ0n) is 8.80. The maximum Gasteiger partial charge on any atom is 0.255 e. The molecule has 16 heavy (non-hydrogen) atoms. The summed E-state index contributed by atoms with van der Waals surface area (Å²) in [5.41, 5.74) is 0. The summed E-state index contributed by atoms with van der Waals surface area (Å²) in [6.45, 7) is 0.658. The van der Waals surface area contributed by atoms with Gasteiger partial charge >= 0.3 is 0 Å². The van der Waals surface area contributed by atoms with Crippen LogP contribution in [-0.4, -0.2) is 38.8 Å². The number of ether oxygens (including phenoxy) is 1. The van der Waals surface area contributed by atoms with Gasteiger partial charge in [0, 0.05) is 6.61 Å². The maximum absolute atomic E-state index is 11.8. The van der Waals surface area contributed by atoms with Crippen molar-refractivity contribution in [2.45, 2.75) is 37.8 Å². The lowest BCUT2D eigenvalue weighted by Gasteiger charge is -2.09. The van der Waals surface area contributed by atoms with Crippen molar-refractivity contribution in [3.05, 3.63) is 0 Å². The molecule has 1 amide bonds. The molecule has 0 bridgehead atoms. The molecule has 0 spiro atoms. The summed E-state index contributed by atoms with van der Waals surface area (Å²) in [5.74, 6) is 0.289. The molecule has 0 unspecified atom stereocenters. The van der Waals surface area contributed by atoms with Crippen molar-refractivity contribution in [1.29, 1.82) is 0 Å². The third-order valence-electron chi connectivity index (χ3n) is 2.84. The lowest BCUT2D eigenvalue weighted by Crippen LogP contribution is -2.28. The Morgan fingerprint density at radius 1 is 1.44 bits per heavy atom. The van der Waals surface area contributed by atoms with E-state index in [1.165, 1.54) is 0 Å². The Bertz CT molecular complexity index is 394. The van der Waals surface area contributed by atoms with Crippen LogP contribution in [0.25, 0.3) is 0 Å². The van der Waals surface area contributed by atoms with E-state index in [1.807, 2.05) is 0 Å². The molecule has 1 saturated carbocycles. The number of hydrogen-bond donors (Lipinski definition) is 1. The van der Waals surface area contributed by atoms with Crippen LogP contribution in [0.3, 0.4) is 0 Å². The second-order valence-corrected chi connectivity index (χ2v) is 4.17. The third-order valence-corrected chi connectivity index (χ3v) is 2.84. The molecule has 0 radical (unpaired) electrons. The van der Waals surface area contributed by atoms with Gasteiger partial charge in [-0.2, -0.15) is 0 Å². The molecular weight excluding hydrogens is 210 g/mol. The van der Waals surface area contributed by atoms with E-state index < -0.39 is 0 Å². The lowest BCUT2D eigenvalue weighted by molar-refractivity contribution is -0.124. The predicted molar refractivity (Wildman–Crippen MR) is 53.7 cm³/mol. The van der Waals surface area contributed by atoms with Gasteiger partial charge in [0.2, 0.25) is 5.95 Å². The minimum atomic E-state index is -0.343. The zero-order valence-corrected chi connectivity index (χ0v) is 8.80. The maximum atomic E-state index is 11.8. The molecule has 0 aromatic carbocycles. The molecule has 1 aliphatic heterocycles. The Balaban J connectivity index is 1.68. The van der Waals surface area contributed by atoms with Crippen LogP contribution in [0.4, 0.5) is 5.95 Å². The Morgan fingerprint density at radius 2 is 2.31 bits per heavy atom. The summed E-state index contributed by atoms with van der Waals surface area (Å²) in [6, 6.07) is 0.356. The van der Waals surface area contributed by atoms with E-state index in [-0.39, 0.29) is 12.0 Å². The van der Waals surface area contributed by atoms with Crippen LogP contribution in [0.15, 0.2) is 0 Å². The molecule has 1 saturated heterocycles. The van der Waals surface area contributed by atoms with Crippen LogP contribution < -0.4 is 5.32 Å². The van der Waals surface area contributed by atoms with E-state index in [0.717, 1.165) is 25.7 Å². The Hall–Kier alpha value is -1.50. The van der Waals surface area contributed by atoms with Gasteiger partial charge in [0.15, 0.2) is 0 Å². The summed E-state index contributed by atoms with van der Waals surface area (Å²) in [6.07, 6.45) is 3.52. The number of rotatable bonds is 3. The molecule has 3 rings (SSSR count). The van der Waals surface area contributed by atoms with Crippen LogP contribution in [0.2, 0.25) is 0 Å². The molecule has 1 aromatic heterocycles. The number of hydrogen-bond acceptors (Lipinski definition) is 5. The quantitative estimate of drug-likeness (QED) is 0.787. The number of nitrogens with one attached hydrogen (secondary N) is 1. The normalized spacial score (nSPS) is 24.6. The second-order valence-electron chi connectivity index (χ2n) is 4.17. The molecule has 86 valence electrons. The number of nitrogens with zero attached hydrogens (tertiary/aromatic N) is 4. The Kier molecular flexibility index (Phi) is 2.32. The number of amides is 1. The fraction of sp³-hybridized carbons (Fsp3) is 0.778. The van der Waals surface area contributed by atoms with Crippen molar-refractivity contribution in [2.75, 3.05) is 11.9 Å². The summed E-state index contributed by atoms with van der Waals surface area (Å²) in [7, 11) is 0. The standard InChI is InChI=1S/C9H13N5O2/c15-8(7-2-1-5-16-7)10-9-11-12-13-14(9)6-3-4-6/h6-7H,1-5H2,(H,10,11,13,15)/t7-/m1/s1. The van der Waals surface area contributed by atoms with E-state index >= 15 is 0 Å². The molecule has 2 aliphatic rings. The third kappa shape index (κ3) is 1.78. The summed E-state index contributed by atoms with van der Waals surface area (Å²) >= 11 is 0. The van der Waals surface area contributed by atoms with Gasteiger partial charge in [-0.3, -0.25) is 10.1 Å². The smallest absolute Gasteiger partial charge is 0.255 e. The highest BCUT2D eigenvalue weighted by molar-refractivity contribution is 5.92. The number of aromatic nitrogens is 4. The minimum absolute atomic E-state index is 0.144. The minimum Gasteiger partial charge on any atom is -0.368 e. The number of carbonyl (C=O) groups is 1. The lowest BCUT2D eigenvalue weighted by atomic mass is 10.2. The van der Waals surface area contributed by atoms with Crippen molar-refractivity contribution in [2.24, 2.45) is 0 Å². The van der Waals surface area contributed by atoms with Gasteiger partial charge in [-0.15, -0.1) is 0 Å². The average molecular weight is 223 g/mol. The van der Waals surface area contributed by atoms with Gasteiger partial charge in [-0.05, 0) is 36.1 Å². The van der Waals surface area contributed by atoms with E-state index in [1.54, 1.807) is 4.68 Å². The van der Waals surface area contributed by atoms with Crippen molar-refractivity contribution < 1.29 is 9.53 Å². The summed E-state index contributed by atoms with van der Waals surface area (Å²) in [4.78, 5) is 11.8. The monoisotopic (exact) mass is 223 g/mol. The van der Waals surface area contributed by atoms with Crippen LogP contribution >= 0.6 is 0 Å². The first-order chi connectivity index (χ1) is 7.84. The van der Waals surface area contributed by atoms with Crippen molar-refractivity contribution in [3.8, 4) is 0 Å². The average Bonchev–Trinajstić information content (AvgIpc) is 2.83. The van der Waals surface area contributed by atoms with Crippen LogP contribution in [-0.2, 0) is 9.53 Å². The molecule has 2 fully saturated rings. The Morgan fingerprint density at radius 3 is 3.00 bits per heavy atom. The van der Waals surface area contributed by atoms with Gasteiger partial charge in [-0.25, -0.2) is 4.68 Å². The molecular formula is C9H13N5O2. The first-order valence-corrected chi connectivity index (χ1v) is 5.55. The summed E-state index contributed by atoms with van der Waals surface area (Å²) in [5, 5.41) is 13.9. The Labute approximate surface area is 92.1 Å². The first-order valence-electron chi connectivity index (χ1n) is 5.55. The van der Waals surface area contributed by atoms with Crippen molar-refractivity contribution >= 4 is 11.9 Å². The van der Waals surface area contributed by atoms with E-state index in [2.05, 4.69) is 20.8 Å². The van der Waals surface area contributed by atoms with E-state index in [4.69, 9.17) is 4.74 Å². The molecule has 1 aromatic rings. The highest BCUT2D eigenvalue weighted by Crippen LogP contribution is 2.35. The van der Waals surface area contributed by atoms with Crippen LogP contribution in [0.5, 0.6) is 0 Å². The number of carbonyl (C=O) groups excluding carboxylic acids is 1. The fourth-order valence-corrected chi connectivity index (χ4v) is 1.82. The summed E-state index contributed by atoms with van der Waals surface area (Å²) < 4.78 is 6.96. The van der Waals surface area contributed by atoms with Crippen LogP contribution in [0, 0.1) is 0 Å². The molecule has 7 nitrogen and oxygen atoms in total. The van der Waals surface area contributed by atoms with Gasteiger partial charge < -0.3 is 4.74 Å². The first kappa shape index (κ1) is 9.71. The van der Waals surface area contributed by atoms with Gasteiger partial charge in [0.05, 0.1) is 6.04 Å². The molecule has 1 aliphatic carbocycles. The highest BCUT2D eigenvalue weighted by atomic mass is 16.5.